The molecule has 16 heavy (non-hydrogen) atoms. The molecule has 3 heteroatoms. The number of ether oxygens (including phenoxy) is 2. The summed E-state index contributed by atoms with van der Waals surface area (Å²) in [5, 5.41) is 3.45. The van der Waals surface area contributed by atoms with Gasteiger partial charge < -0.3 is 14.8 Å². The highest BCUT2D eigenvalue weighted by atomic mass is 16.5. The van der Waals surface area contributed by atoms with E-state index in [1.54, 1.807) is 14.2 Å². The van der Waals surface area contributed by atoms with Crippen LogP contribution in [0.3, 0.4) is 0 Å². The molecule has 1 unspecified atom stereocenters. The maximum Gasteiger partial charge on any atom is 0.127 e. The van der Waals surface area contributed by atoms with E-state index >= 15 is 0 Å². The molecule has 88 valence electrons. The second-order valence-corrected chi connectivity index (χ2v) is 4.22. The van der Waals surface area contributed by atoms with Crippen LogP contribution in [-0.4, -0.2) is 20.8 Å². The van der Waals surface area contributed by atoms with Crippen LogP contribution in [0.2, 0.25) is 0 Å². The Bertz CT molecular complexity index is 359. The lowest BCUT2D eigenvalue weighted by Crippen LogP contribution is -2.23. The number of nitrogens with one attached hydrogen (secondary N) is 1. The predicted octanol–water partition coefficient (Wildman–Crippen LogP) is 2.70. The minimum atomic E-state index is 0.704. The highest BCUT2D eigenvalue weighted by molar-refractivity contribution is 5.63. The molecule has 0 saturated heterocycles. The molecule has 1 aliphatic heterocycles. The summed E-state index contributed by atoms with van der Waals surface area (Å²) < 4.78 is 10.7. The van der Waals surface area contributed by atoms with Crippen LogP contribution in [0.25, 0.3) is 0 Å². The molecule has 0 aliphatic carbocycles. The Hall–Kier alpha value is -1.38. The highest BCUT2D eigenvalue weighted by Crippen LogP contribution is 2.37. The first-order chi connectivity index (χ1) is 7.78. The molecule has 1 heterocycles. The molecule has 0 aromatic heterocycles. The zero-order valence-corrected chi connectivity index (χ0v) is 10.2. The van der Waals surface area contributed by atoms with Gasteiger partial charge in [0.25, 0.3) is 0 Å². The van der Waals surface area contributed by atoms with Crippen molar-refractivity contribution in [2.75, 3.05) is 26.1 Å². The van der Waals surface area contributed by atoms with Gasteiger partial charge in [-0.2, -0.15) is 0 Å². The van der Waals surface area contributed by atoms with Crippen LogP contribution in [0, 0.1) is 5.92 Å². The summed E-state index contributed by atoms with van der Waals surface area (Å²) in [5.41, 5.74) is 2.43. The third-order valence-corrected chi connectivity index (χ3v) is 3.29. The Morgan fingerprint density at radius 2 is 2.12 bits per heavy atom. The van der Waals surface area contributed by atoms with E-state index in [4.69, 9.17) is 9.47 Å². The van der Waals surface area contributed by atoms with Gasteiger partial charge in [-0.15, -0.1) is 0 Å². The third kappa shape index (κ3) is 1.94. The zero-order chi connectivity index (χ0) is 11.5. The first kappa shape index (κ1) is 11.1. The van der Waals surface area contributed by atoms with Crippen LogP contribution in [-0.2, 0) is 6.42 Å². The topological polar surface area (TPSA) is 30.5 Å². The Labute approximate surface area is 96.8 Å². The average molecular weight is 221 g/mol. The minimum Gasteiger partial charge on any atom is -0.497 e. The smallest absolute Gasteiger partial charge is 0.127 e. The van der Waals surface area contributed by atoms with Gasteiger partial charge in [-0.25, -0.2) is 0 Å². The molecular formula is C13H19NO2. The van der Waals surface area contributed by atoms with E-state index in [1.807, 2.05) is 12.1 Å². The van der Waals surface area contributed by atoms with Gasteiger partial charge in [0.1, 0.15) is 11.5 Å². The Balaban J connectivity index is 2.38. The average Bonchev–Trinajstić information content (AvgIpc) is 2.36. The van der Waals surface area contributed by atoms with E-state index in [9.17, 15) is 0 Å². The molecule has 1 atom stereocenters. The van der Waals surface area contributed by atoms with Crippen molar-refractivity contribution >= 4 is 5.69 Å². The van der Waals surface area contributed by atoms with Crippen molar-refractivity contribution in [1.82, 2.24) is 0 Å². The second kappa shape index (κ2) is 4.64. The number of anilines is 1. The molecule has 0 bridgehead atoms. The highest BCUT2D eigenvalue weighted by Gasteiger charge is 2.21. The van der Waals surface area contributed by atoms with E-state index in [2.05, 4.69) is 12.2 Å². The molecule has 0 spiro atoms. The van der Waals surface area contributed by atoms with Crippen LogP contribution < -0.4 is 14.8 Å². The summed E-state index contributed by atoms with van der Waals surface area (Å²) in [4.78, 5) is 0. The predicted molar refractivity (Wildman–Crippen MR) is 65.5 cm³/mol. The largest absolute Gasteiger partial charge is 0.497 e. The minimum absolute atomic E-state index is 0.704. The summed E-state index contributed by atoms with van der Waals surface area (Å²) in [6.45, 7) is 3.27. The summed E-state index contributed by atoms with van der Waals surface area (Å²) >= 11 is 0. The maximum absolute atomic E-state index is 5.43. The van der Waals surface area contributed by atoms with Gasteiger partial charge in [0.15, 0.2) is 0 Å². The maximum atomic E-state index is 5.43. The first-order valence-corrected chi connectivity index (χ1v) is 5.77. The van der Waals surface area contributed by atoms with E-state index in [1.165, 1.54) is 12.0 Å². The lowest BCUT2D eigenvalue weighted by atomic mass is 9.91. The quantitative estimate of drug-likeness (QED) is 0.851. The van der Waals surface area contributed by atoms with Gasteiger partial charge in [0, 0.05) is 29.9 Å². The van der Waals surface area contributed by atoms with Gasteiger partial charge in [-0.05, 0) is 12.3 Å². The molecular weight excluding hydrogens is 202 g/mol. The van der Waals surface area contributed by atoms with Crippen LogP contribution in [0.15, 0.2) is 12.1 Å². The molecule has 0 radical (unpaired) electrons. The molecule has 2 rings (SSSR count). The van der Waals surface area contributed by atoms with Crippen LogP contribution in [0.1, 0.15) is 18.9 Å². The van der Waals surface area contributed by atoms with Crippen LogP contribution in [0.5, 0.6) is 11.5 Å². The fourth-order valence-corrected chi connectivity index (χ4v) is 2.19. The molecule has 0 fully saturated rings. The monoisotopic (exact) mass is 221 g/mol. The lowest BCUT2D eigenvalue weighted by molar-refractivity contribution is 0.386. The Kier molecular flexibility index (Phi) is 3.22. The fourth-order valence-electron chi connectivity index (χ4n) is 2.19. The van der Waals surface area contributed by atoms with Gasteiger partial charge in [-0.3, -0.25) is 0 Å². The number of fused-ring (bicyclic) bond motifs is 1. The Morgan fingerprint density at radius 1 is 1.31 bits per heavy atom. The lowest BCUT2D eigenvalue weighted by Gasteiger charge is -2.27. The van der Waals surface area contributed by atoms with Gasteiger partial charge in [0.2, 0.25) is 0 Å². The van der Waals surface area contributed by atoms with E-state index < -0.39 is 0 Å². The first-order valence-electron chi connectivity index (χ1n) is 5.77. The summed E-state index contributed by atoms with van der Waals surface area (Å²) in [7, 11) is 3.39. The van der Waals surface area contributed by atoms with E-state index in [0.717, 1.165) is 30.2 Å². The molecule has 1 aromatic carbocycles. The van der Waals surface area contributed by atoms with E-state index in [-0.39, 0.29) is 0 Å². The van der Waals surface area contributed by atoms with Gasteiger partial charge in [-0.1, -0.05) is 13.3 Å². The third-order valence-electron chi connectivity index (χ3n) is 3.29. The summed E-state index contributed by atoms with van der Waals surface area (Å²) in [6, 6.07) is 4.00. The number of hydrogen-bond donors (Lipinski definition) is 1. The SMILES string of the molecule is CCC1CNc2cc(OC)cc(OC)c2C1. The van der Waals surface area contributed by atoms with Gasteiger partial charge in [0.05, 0.1) is 14.2 Å². The standard InChI is InChI=1S/C13H19NO2/c1-4-9-5-11-12(14-8-9)6-10(15-2)7-13(11)16-3/h6-7,9,14H,4-5,8H2,1-3H3. The molecule has 0 saturated carbocycles. The van der Waals surface area contributed by atoms with Crippen molar-refractivity contribution in [2.45, 2.75) is 19.8 Å². The number of hydrogen-bond acceptors (Lipinski definition) is 3. The van der Waals surface area contributed by atoms with Crippen molar-refractivity contribution < 1.29 is 9.47 Å². The van der Waals surface area contributed by atoms with Crippen molar-refractivity contribution in [3.8, 4) is 11.5 Å². The number of rotatable bonds is 3. The number of benzene rings is 1. The normalized spacial score (nSPS) is 18.6. The number of methoxy groups -OCH3 is 2. The zero-order valence-electron chi connectivity index (χ0n) is 10.2. The Morgan fingerprint density at radius 3 is 2.75 bits per heavy atom. The summed E-state index contributed by atoms with van der Waals surface area (Å²) in [5.74, 6) is 2.48. The van der Waals surface area contributed by atoms with Gasteiger partial charge >= 0.3 is 0 Å². The van der Waals surface area contributed by atoms with Crippen molar-refractivity contribution in [3.63, 3.8) is 0 Å². The van der Waals surface area contributed by atoms with Crippen LogP contribution >= 0.6 is 0 Å². The van der Waals surface area contributed by atoms with Crippen LogP contribution in [0.4, 0.5) is 5.69 Å². The van der Waals surface area contributed by atoms with Crippen molar-refractivity contribution in [2.24, 2.45) is 5.92 Å². The summed E-state index contributed by atoms with van der Waals surface area (Å²) in [6.07, 6.45) is 2.29. The molecule has 3 nitrogen and oxygen atoms in total. The van der Waals surface area contributed by atoms with E-state index in [0.29, 0.717) is 5.92 Å². The molecule has 1 N–H and O–H groups in total. The second-order valence-electron chi connectivity index (χ2n) is 4.22. The molecule has 1 aromatic rings. The van der Waals surface area contributed by atoms with Crippen molar-refractivity contribution in [3.05, 3.63) is 17.7 Å². The molecule has 0 amide bonds. The molecule has 1 aliphatic rings. The fraction of sp³-hybridized carbons (Fsp3) is 0.538. The van der Waals surface area contributed by atoms with Crippen molar-refractivity contribution in [1.29, 1.82) is 0 Å².